The molecule has 0 spiro atoms. The van der Waals surface area contributed by atoms with Gasteiger partial charge in [0, 0.05) is 30.8 Å². The first kappa shape index (κ1) is 45.7. The second kappa shape index (κ2) is 24.0. The van der Waals surface area contributed by atoms with Gasteiger partial charge in [-0.05, 0) is 105 Å². The minimum absolute atomic E-state index is 0. The van der Waals surface area contributed by atoms with Crippen LogP contribution in [0.1, 0.15) is 61.6 Å². The highest BCUT2D eigenvalue weighted by Crippen LogP contribution is 2.31. The Morgan fingerprint density at radius 1 is 0.600 bits per heavy atom. The van der Waals surface area contributed by atoms with Crippen molar-refractivity contribution in [3.05, 3.63) is 113 Å². The van der Waals surface area contributed by atoms with E-state index in [1.165, 1.54) is 53.0 Å². The molecule has 2 aliphatic rings. The molecule has 0 aliphatic carbocycles. The number of fused-ring (bicyclic) bond motifs is 2. The van der Waals surface area contributed by atoms with Crippen LogP contribution in [-0.2, 0) is 9.47 Å². The number of benzene rings is 4. The minimum atomic E-state index is -1.00. The molecule has 0 N–H and O–H groups in total. The second-order valence-corrected chi connectivity index (χ2v) is 15.0. The van der Waals surface area contributed by atoms with Gasteiger partial charge in [0.05, 0.1) is 55.9 Å². The number of halogens is 2. The number of rotatable bonds is 5. The van der Waals surface area contributed by atoms with Crippen molar-refractivity contribution in [2.75, 3.05) is 79.6 Å². The van der Waals surface area contributed by atoms with Crippen LogP contribution in [0.5, 0.6) is 0 Å². The van der Waals surface area contributed by atoms with Crippen LogP contribution in [0.25, 0.3) is 44.6 Å². The Hall–Kier alpha value is -5.37. The van der Waals surface area contributed by atoms with Crippen molar-refractivity contribution in [1.82, 2.24) is 29.7 Å². The van der Waals surface area contributed by atoms with E-state index in [0.29, 0.717) is 26.8 Å². The van der Waals surface area contributed by atoms with Gasteiger partial charge in [-0.15, -0.1) is 0 Å². The lowest BCUT2D eigenvalue weighted by Crippen LogP contribution is -2.30. The van der Waals surface area contributed by atoms with Crippen molar-refractivity contribution in [3.8, 4) is 22.5 Å². The highest BCUT2D eigenvalue weighted by atomic mass is 79.9. The van der Waals surface area contributed by atoms with Crippen molar-refractivity contribution < 1.29 is 24.8 Å². The van der Waals surface area contributed by atoms with Crippen LogP contribution in [0, 0.1) is 0 Å². The molecule has 2 aromatic heterocycles. The fourth-order valence-corrected chi connectivity index (χ4v) is 7.35. The van der Waals surface area contributed by atoms with Gasteiger partial charge in [0.25, 0.3) is 0 Å². The smallest absolute Gasteiger partial charge is 0.337 e. The van der Waals surface area contributed by atoms with E-state index in [-0.39, 0.29) is 19.4 Å². The van der Waals surface area contributed by atoms with Gasteiger partial charge in [-0.3, -0.25) is 4.39 Å². The van der Waals surface area contributed by atoms with E-state index < -0.39 is 7.15 Å². The summed E-state index contributed by atoms with van der Waals surface area (Å²) in [6.07, 6.45) is 6.80. The van der Waals surface area contributed by atoms with Crippen molar-refractivity contribution in [2.45, 2.75) is 39.5 Å². The molecule has 2 aliphatic heterocycles. The molecule has 0 unspecified atom stereocenters. The summed E-state index contributed by atoms with van der Waals surface area (Å²) in [6, 6.07) is 30.4. The van der Waals surface area contributed by atoms with E-state index in [1.54, 1.807) is 30.3 Å². The number of hydrogen-bond donors (Lipinski definition) is 0. The summed E-state index contributed by atoms with van der Waals surface area (Å²) < 4.78 is 25.7. The van der Waals surface area contributed by atoms with Gasteiger partial charge in [-0.2, -0.15) is 0 Å². The first-order valence-corrected chi connectivity index (χ1v) is 20.5. The number of carbonyl (C=O) groups excluding carboxylic acids is 2. The number of ether oxygens (including phenoxy) is 2. The van der Waals surface area contributed by atoms with Crippen molar-refractivity contribution in [3.63, 3.8) is 0 Å². The van der Waals surface area contributed by atoms with Crippen LogP contribution in [-0.4, -0.2) is 116 Å². The fraction of sp³-hybridized carbons (Fsp3) is 0.362. The molecule has 0 saturated carbocycles. The maximum absolute atomic E-state index is 11.9. The zero-order chi connectivity index (χ0) is 42.9. The summed E-state index contributed by atoms with van der Waals surface area (Å²) in [6.45, 7) is 6.52. The topological polar surface area (TPSA) is 114 Å². The average molecular weight is 884 g/mol. The number of hydrogen-bond acceptors (Lipinski definition) is 11. The van der Waals surface area contributed by atoms with Gasteiger partial charge in [0.1, 0.15) is 16.0 Å². The summed E-state index contributed by atoms with van der Waals surface area (Å²) in [7, 11) is 6.10. The molecule has 13 heteroatoms. The molecule has 4 heterocycles. The van der Waals surface area contributed by atoms with Crippen LogP contribution >= 0.6 is 15.9 Å². The number of aromatic nitrogens is 4. The van der Waals surface area contributed by atoms with Crippen molar-refractivity contribution >= 4 is 55.8 Å². The Morgan fingerprint density at radius 3 is 1.60 bits per heavy atom. The van der Waals surface area contributed by atoms with Gasteiger partial charge in [0.2, 0.25) is 0 Å². The predicted molar refractivity (Wildman–Crippen MR) is 244 cm³/mol. The largest absolute Gasteiger partial charge is 0.465 e. The molecule has 318 valence electrons. The monoisotopic (exact) mass is 882 g/mol. The molecule has 11 nitrogen and oxygen atoms in total. The molecule has 60 heavy (non-hydrogen) atoms. The summed E-state index contributed by atoms with van der Waals surface area (Å²) in [5.41, 5.74) is 7.46. The summed E-state index contributed by atoms with van der Waals surface area (Å²) in [5, 5.41) is 0. The highest BCUT2D eigenvalue weighted by Gasteiger charge is 2.21. The third-order valence-corrected chi connectivity index (χ3v) is 10.6. The molecule has 2 fully saturated rings. The molecule has 0 amide bonds. The third-order valence-electron chi connectivity index (χ3n) is 10.1. The lowest BCUT2D eigenvalue weighted by atomic mass is 10.1. The first-order valence-electron chi connectivity index (χ1n) is 20.4. The predicted octanol–water partition coefficient (Wildman–Crippen LogP) is 9.79. The lowest BCUT2D eigenvalue weighted by Gasteiger charge is -2.24. The first-order chi connectivity index (χ1) is 29.1. The number of likely N-dealkylation sites (N-methyl/N-ethyl adjacent to an activating group) is 1. The van der Waals surface area contributed by atoms with Crippen LogP contribution in [0.4, 0.5) is 10.2 Å². The molecular formula is C47H57BrFN7O4. The molecular weight excluding hydrogens is 825 g/mol. The number of likely N-dealkylation sites (tertiary alicyclic amines) is 1. The Bertz CT molecular complexity index is 2300. The maximum atomic E-state index is 11.9. The second-order valence-electron chi connectivity index (χ2n) is 14.2. The van der Waals surface area contributed by atoms with E-state index in [4.69, 9.17) is 20.8 Å². The van der Waals surface area contributed by atoms with E-state index in [1.807, 2.05) is 54.6 Å². The fourth-order valence-electron chi connectivity index (χ4n) is 6.84. The molecule has 8 rings (SSSR count). The van der Waals surface area contributed by atoms with E-state index in [2.05, 4.69) is 66.8 Å². The van der Waals surface area contributed by atoms with Crippen LogP contribution < -0.4 is 4.90 Å². The van der Waals surface area contributed by atoms with E-state index in [0.717, 1.165) is 72.0 Å². The zero-order valence-electron chi connectivity index (χ0n) is 35.2. The molecule has 6 aromatic rings. The Morgan fingerprint density at radius 2 is 1.07 bits per heavy atom. The van der Waals surface area contributed by atoms with Crippen LogP contribution in [0.15, 0.2) is 102 Å². The molecule has 4 aromatic carbocycles. The summed E-state index contributed by atoms with van der Waals surface area (Å²) >= 11 is 3.44. The van der Waals surface area contributed by atoms with Crippen molar-refractivity contribution in [1.29, 1.82) is 0 Å². The van der Waals surface area contributed by atoms with Gasteiger partial charge in [-0.1, -0.05) is 80.9 Å². The lowest BCUT2D eigenvalue weighted by molar-refractivity contribution is 0.0592. The third kappa shape index (κ3) is 12.8. The highest BCUT2D eigenvalue weighted by molar-refractivity contribution is 9.10. The quantitative estimate of drug-likeness (QED) is 0.154. The van der Waals surface area contributed by atoms with Gasteiger partial charge in [0.15, 0.2) is 5.82 Å². The summed E-state index contributed by atoms with van der Waals surface area (Å²) in [4.78, 5) is 49.5. The average Bonchev–Trinajstić information content (AvgIpc) is 3.67. The SMILES string of the molecule is C.CN1CCCCCC1.COC(=O)c1ccc2nc(-c3ccccc3)c(Br)nc2c1.COC(=O)c1ccc2nc(-c3ccccc3)c(N3CCCN(C)CC3)nc2c1.[2H]CF. The van der Waals surface area contributed by atoms with Gasteiger partial charge in [-0.25, -0.2) is 29.5 Å². The van der Waals surface area contributed by atoms with Crippen LogP contribution in [0.2, 0.25) is 0 Å². The molecule has 0 bridgehead atoms. The standard InChI is InChI=1S/C22H24N4O2.C16H11BrN2O2.C7H15N.CH3F.CH4/c1-25-11-6-12-26(14-13-25)21-20(16-7-4-3-5-8-16)23-18-10-9-17(22(27)28-2)15-19(18)24-21;1-21-16(20)11-7-8-12-13(9-11)19-15(17)14(18-12)10-5-3-2-4-6-10;1-8-6-4-2-3-5-7-8;1-2;/h3-5,7-10,15H,6,11-14H2,1-2H3;2-9H,1H3;2-7H2,1H3;1H3;1H4/i;;;1D;. The number of nitrogens with zero attached hydrogens (tertiary/aromatic N) is 7. The van der Waals surface area contributed by atoms with E-state index in [9.17, 15) is 14.0 Å². The number of anilines is 1. The maximum Gasteiger partial charge on any atom is 0.337 e. The normalized spacial score (nSPS) is 14.6. The summed E-state index contributed by atoms with van der Waals surface area (Å²) in [5.74, 6) is 0.117. The van der Waals surface area contributed by atoms with Gasteiger partial charge < -0.3 is 24.2 Å². The molecule has 0 radical (unpaired) electrons. The Balaban J connectivity index is 0.000000218. The molecule has 2 saturated heterocycles. The van der Waals surface area contributed by atoms with Crippen LogP contribution in [0.3, 0.4) is 0 Å². The zero-order valence-corrected chi connectivity index (χ0v) is 35.8. The van der Waals surface area contributed by atoms with E-state index >= 15 is 0 Å². The van der Waals surface area contributed by atoms with Crippen molar-refractivity contribution in [2.24, 2.45) is 0 Å². The Labute approximate surface area is 363 Å². The number of carbonyl (C=O) groups is 2. The Kier molecular flexibility index (Phi) is 18.3. The molecule has 0 atom stereocenters. The minimum Gasteiger partial charge on any atom is -0.465 e. The van der Waals surface area contributed by atoms with Gasteiger partial charge >= 0.3 is 11.9 Å². The number of alkyl halides is 1. The number of esters is 2. The number of methoxy groups -OCH3 is 2.